The van der Waals surface area contributed by atoms with Crippen LogP contribution in [0.1, 0.15) is 100 Å². The molecule has 42 heavy (non-hydrogen) atoms. The van der Waals surface area contributed by atoms with Crippen LogP contribution in [-0.2, 0) is 28.5 Å². The van der Waals surface area contributed by atoms with Crippen LogP contribution < -0.4 is 0 Å². The van der Waals surface area contributed by atoms with E-state index < -0.39 is 64.2 Å². The van der Waals surface area contributed by atoms with Gasteiger partial charge < -0.3 is 29.2 Å². The molecule has 0 spiro atoms. The summed E-state index contributed by atoms with van der Waals surface area (Å²) in [6.07, 6.45) is -2.25. The van der Waals surface area contributed by atoms with Crippen molar-refractivity contribution in [3.63, 3.8) is 0 Å². The van der Waals surface area contributed by atoms with Crippen LogP contribution in [0.2, 0.25) is 0 Å². The molecule has 0 amide bonds. The fourth-order valence-electron chi connectivity index (χ4n) is 6.88. The van der Waals surface area contributed by atoms with Gasteiger partial charge in [-0.05, 0) is 99.3 Å². The molecular weight excluding hydrogens is 557 g/mol. The van der Waals surface area contributed by atoms with E-state index in [0.29, 0.717) is 39.0 Å². The van der Waals surface area contributed by atoms with Crippen LogP contribution in [0.4, 0.5) is 13.2 Å². The van der Waals surface area contributed by atoms with Crippen LogP contribution >= 0.6 is 0 Å². The maximum Gasteiger partial charge on any atom is 0.419 e. The third-order valence-corrected chi connectivity index (χ3v) is 8.95. The highest BCUT2D eigenvalue weighted by Crippen LogP contribution is 2.63. The van der Waals surface area contributed by atoms with E-state index in [1.165, 1.54) is 13.8 Å². The van der Waals surface area contributed by atoms with Gasteiger partial charge in [0.15, 0.2) is 5.60 Å². The van der Waals surface area contributed by atoms with Gasteiger partial charge in [0, 0.05) is 18.4 Å². The number of hydrogen-bond acceptors (Lipinski definition) is 8. The Balaban J connectivity index is 1.88. The van der Waals surface area contributed by atoms with E-state index in [1.807, 2.05) is 0 Å². The normalized spacial score (nSPS) is 30.0. The zero-order valence-electron chi connectivity index (χ0n) is 26.3. The van der Waals surface area contributed by atoms with Crippen molar-refractivity contribution in [1.29, 1.82) is 0 Å². The average molecular weight is 607 g/mol. The SMILES string of the molecule is C=C(C)C(=O)OC12CC3CC(C1)CC(C(=O)OC(CC(C)(C)OCC(C)(C)O)C(C)(C)OCC(C)(O)C(F)(F)F)(C3)C2. The minimum absolute atomic E-state index is 0.0331. The lowest BCUT2D eigenvalue weighted by Crippen LogP contribution is -2.61. The summed E-state index contributed by atoms with van der Waals surface area (Å²) in [5, 5.41) is 20.2. The molecule has 4 atom stereocenters. The van der Waals surface area contributed by atoms with E-state index in [0.717, 1.165) is 6.42 Å². The smallest absolute Gasteiger partial charge is 0.419 e. The van der Waals surface area contributed by atoms with Crippen LogP contribution in [0.5, 0.6) is 0 Å². The fraction of sp³-hybridized carbons (Fsp3) is 0.871. The summed E-state index contributed by atoms with van der Waals surface area (Å²) >= 11 is 0. The van der Waals surface area contributed by atoms with Gasteiger partial charge in [0.05, 0.1) is 35.4 Å². The first-order chi connectivity index (χ1) is 18.8. The van der Waals surface area contributed by atoms with Crippen LogP contribution in [0, 0.1) is 17.3 Å². The highest BCUT2D eigenvalue weighted by Gasteiger charge is 2.63. The Bertz CT molecular complexity index is 1030. The molecule has 4 aliphatic rings. The molecule has 4 unspecified atom stereocenters. The number of carbonyl (C=O) groups excluding carboxylic acids is 2. The van der Waals surface area contributed by atoms with E-state index >= 15 is 0 Å². The molecule has 0 saturated heterocycles. The summed E-state index contributed by atoms with van der Waals surface area (Å²) in [5.74, 6) is -0.647. The van der Waals surface area contributed by atoms with E-state index in [4.69, 9.17) is 18.9 Å². The van der Waals surface area contributed by atoms with Crippen molar-refractivity contribution in [1.82, 2.24) is 0 Å². The molecule has 0 aliphatic heterocycles. The maximum absolute atomic E-state index is 14.1. The molecule has 0 aromatic rings. The molecule has 11 heteroatoms. The standard InChI is InChI=1S/C31H49F3O8/c1-19(2)23(35)42-30-13-20-10-21(14-30)12-29(11-20,16-30)24(36)41-22(15-26(5,6)39-17-25(3,4)37)27(7,8)40-18-28(9,38)31(32,33)34/h20-22,37-38H,1,10-18H2,2-9H3. The van der Waals surface area contributed by atoms with Crippen LogP contribution in [0.25, 0.3) is 0 Å². The fourth-order valence-corrected chi connectivity index (χ4v) is 6.88. The second-order valence-corrected chi connectivity index (χ2v) is 15.2. The quantitative estimate of drug-likeness (QED) is 0.211. The second-order valence-electron chi connectivity index (χ2n) is 15.2. The molecule has 8 nitrogen and oxygen atoms in total. The Morgan fingerprint density at radius 1 is 0.929 bits per heavy atom. The van der Waals surface area contributed by atoms with E-state index in [2.05, 4.69) is 6.58 Å². The molecule has 242 valence electrons. The Morgan fingerprint density at radius 3 is 1.95 bits per heavy atom. The van der Waals surface area contributed by atoms with Crippen molar-refractivity contribution in [3.05, 3.63) is 12.2 Å². The van der Waals surface area contributed by atoms with E-state index in [-0.39, 0.29) is 30.4 Å². The van der Waals surface area contributed by atoms with Gasteiger partial charge in [-0.3, -0.25) is 4.79 Å². The molecule has 4 saturated carbocycles. The highest BCUT2D eigenvalue weighted by atomic mass is 19.4. The average Bonchev–Trinajstić information content (AvgIpc) is 2.79. The molecule has 0 aromatic heterocycles. The summed E-state index contributed by atoms with van der Waals surface area (Å²) in [4.78, 5) is 26.7. The Labute approximate surface area is 247 Å². The number of esters is 2. The molecule has 4 fully saturated rings. The zero-order chi connectivity index (χ0) is 32.2. The third-order valence-electron chi connectivity index (χ3n) is 8.95. The number of halogens is 3. The van der Waals surface area contributed by atoms with E-state index in [9.17, 15) is 33.0 Å². The maximum atomic E-state index is 14.1. The largest absolute Gasteiger partial charge is 0.459 e. The summed E-state index contributed by atoms with van der Waals surface area (Å²) in [6, 6.07) is 0. The lowest BCUT2D eigenvalue weighted by Gasteiger charge is -2.60. The molecular formula is C31H49F3O8. The minimum atomic E-state index is -4.93. The molecule has 4 bridgehead atoms. The van der Waals surface area contributed by atoms with Crippen molar-refractivity contribution >= 4 is 11.9 Å². The van der Waals surface area contributed by atoms with Gasteiger partial charge in [-0.1, -0.05) is 6.58 Å². The minimum Gasteiger partial charge on any atom is -0.459 e. The third kappa shape index (κ3) is 8.07. The van der Waals surface area contributed by atoms with Gasteiger partial charge in [0.1, 0.15) is 11.7 Å². The van der Waals surface area contributed by atoms with Crippen molar-refractivity contribution in [2.45, 2.75) is 141 Å². The number of ether oxygens (including phenoxy) is 4. The summed E-state index contributed by atoms with van der Waals surface area (Å²) in [7, 11) is 0. The molecule has 0 aromatic carbocycles. The van der Waals surface area contributed by atoms with Crippen molar-refractivity contribution < 1.29 is 51.9 Å². The monoisotopic (exact) mass is 606 g/mol. The van der Waals surface area contributed by atoms with Crippen molar-refractivity contribution in [2.24, 2.45) is 17.3 Å². The van der Waals surface area contributed by atoms with Gasteiger partial charge in [-0.25, -0.2) is 4.79 Å². The lowest BCUT2D eigenvalue weighted by atomic mass is 9.48. The predicted octanol–water partition coefficient (Wildman–Crippen LogP) is 5.42. The first kappa shape index (κ1) is 34.8. The van der Waals surface area contributed by atoms with E-state index in [1.54, 1.807) is 34.6 Å². The lowest BCUT2D eigenvalue weighted by molar-refractivity contribution is -0.282. The zero-order valence-corrected chi connectivity index (χ0v) is 26.3. The van der Waals surface area contributed by atoms with Crippen molar-refractivity contribution in [2.75, 3.05) is 13.2 Å². The molecule has 4 rings (SSSR count). The first-order valence-electron chi connectivity index (χ1n) is 14.7. The van der Waals surface area contributed by atoms with Gasteiger partial charge >= 0.3 is 18.1 Å². The number of hydrogen-bond donors (Lipinski definition) is 2. The topological polar surface area (TPSA) is 112 Å². The predicted molar refractivity (Wildman–Crippen MR) is 148 cm³/mol. The molecule has 0 radical (unpaired) electrons. The van der Waals surface area contributed by atoms with Crippen LogP contribution in [0.15, 0.2) is 12.2 Å². The number of alkyl halides is 3. The molecule has 0 heterocycles. The number of carbonyl (C=O) groups is 2. The molecule has 2 N–H and O–H groups in total. The Hall–Kier alpha value is -1.69. The molecule has 4 aliphatic carbocycles. The number of aliphatic hydroxyl groups is 2. The van der Waals surface area contributed by atoms with Gasteiger partial charge in [-0.15, -0.1) is 0 Å². The van der Waals surface area contributed by atoms with Gasteiger partial charge in [0.2, 0.25) is 0 Å². The summed E-state index contributed by atoms with van der Waals surface area (Å²) in [5.41, 5.74) is -8.13. The van der Waals surface area contributed by atoms with Crippen molar-refractivity contribution in [3.8, 4) is 0 Å². The Morgan fingerprint density at radius 2 is 1.48 bits per heavy atom. The Kier molecular flexibility index (Phi) is 9.40. The summed E-state index contributed by atoms with van der Waals surface area (Å²) < 4.78 is 64.0. The number of rotatable bonds is 13. The summed E-state index contributed by atoms with van der Waals surface area (Å²) in [6.45, 7) is 14.4. The van der Waals surface area contributed by atoms with Gasteiger partial charge in [0.25, 0.3) is 0 Å². The second kappa shape index (κ2) is 11.3. The van der Waals surface area contributed by atoms with Crippen LogP contribution in [0.3, 0.4) is 0 Å². The first-order valence-corrected chi connectivity index (χ1v) is 14.7. The highest BCUT2D eigenvalue weighted by molar-refractivity contribution is 5.87. The van der Waals surface area contributed by atoms with Crippen LogP contribution in [-0.4, -0.2) is 75.7 Å². The van der Waals surface area contributed by atoms with Gasteiger partial charge in [-0.2, -0.15) is 13.2 Å².